The summed E-state index contributed by atoms with van der Waals surface area (Å²) in [6.07, 6.45) is 6.45. The Morgan fingerprint density at radius 3 is 2.17 bits per heavy atom. The number of benzene rings is 3. The van der Waals surface area contributed by atoms with E-state index >= 15 is 0 Å². The standard InChI is InChI=1S/C36H37N3.C2H6/c1-7-29-22-36(29,6)31-17-16-28(33-23(2)12-11-13-24(33)3)21-30(31)35-37-18-19-39(35)34-25(4)20-32(38-26(34)5)27-14-9-8-10-15-27;1-2/h8-21,29H,7,22H2,1-6H3;1-2H3/t29-,36?;/m0./s1. The molecule has 0 spiro atoms. The molecule has 1 unspecified atom stereocenters. The van der Waals surface area contributed by atoms with Gasteiger partial charge in [-0.1, -0.05) is 94.8 Å². The van der Waals surface area contributed by atoms with Crippen LogP contribution in [0, 0.1) is 33.6 Å². The Bertz CT molecular complexity index is 1630. The van der Waals surface area contributed by atoms with Gasteiger partial charge < -0.3 is 0 Å². The molecule has 5 aromatic rings. The van der Waals surface area contributed by atoms with E-state index in [2.05, 4.69) is 119 Å². The molecular weight excluding hydrogens is 498 g/mol. The summed E-state index contributed by atoms with van der Waals surface area (Å²) in [6.45, 7) is 17.5. The third-order valence-electron chi connectivity index (χ3n) is 8.86. The van der Waals surface area contributed by atoms with Gasteiger partial charge in [0.05, 0.1) is 17.1 Å². The third kappa shape index (κ3) is 5.14. The Morgan fingerprint density at radius 1 is 0.829 bits per heavy atom. The molecule has 210 valence electrons. The molecule has 0 N–H and O–H groups in total. The maximum absolute atomic E-state index is 5.04. The fourth-order valence-corrected chi connectivity index (χ4v) is 6.66. The van der Waals surface area contributed by atoms with Gasteiger partial charge in [0, 0.05) is 23.5 Å². The lowest BCUT2D eigenvalue weighted by Crippen LogP contribution is -2.10. The number of aromatic nitrogens is 3. The molecule has 2 heterocycles. The Kier molecular flexibility index (Phi) is 8.00. The SMILES string of the molecule is CC.CC[C@H]1CC1(C)c1ccc(-c2c(C)cccc2C)cc1-c1nccn1-c1c(C)cc(-c2ccccc2)nc1C. The lowest BCUT2D eigenvalue weighted by atomic mass is 9.86. The molecule has 3 nitrogen and oxygen atoms in total. The molecule has 6 rings (SSSR count). The second-order valence-corrected chi connectivity index (χ2v) is 11.5. The minimum Gasteiger partial charge on any atom is -0.298 e. The fourth-order valence-electron chi connectivity index (χ4n) is 6.66. The van der Waals surface area contributed by atoms with E-state index in [-0.39, 0.29) is 5.41 Å². The van der Waals surface area contributed by atoms with Crippen LogP contribution in [0.2, 0.25) is 0 Å². The fraction of sp³-hybridized carbons (Fsp3) is 0.316. The summed E-state index contributed by atoms with van der Waals surface area (Å²) in [5.41, 5.74) is 13.4. The van der Waals surface area contributed by atoms with E-state index in [1.54, 1.807) is 0 Å². The molecule has 0 aliphatic heterocycles. The van der Waals surface area contributed by atoms with Crippen LogP contribution in [-0.4, -0.2) is 14.5 Å². The summed E-state index contributed by atoms with van der Waals surface area (Å²) < 4.78 is 2.26. The molecule has 1 fully saturated rings. The summed E-state index contributed by atoms with van der Waals surface area (Å²) in [5, 5.41) is 0. The molecule has 1 aliphatic carbocycles. The molecule has 1 aliphatic rings. The van der Waals surface area contributed by atoms with Crippen molar-refractivity contribution in [2.24, 2.45) is 5.92 Å². The van der Waals surface area contributed by atoms with Crippen molar-refractivity contribution >= 4 is 0 Å². The predicted molar refractivity (Wildman–Crippen MR) is 174 cm³/mol. The van der Waals surface area contributed by atoms with Crippen molar-refractivity contribution in [3.63, 3.8) is 0 Å². The molecule has 3 heteroatoms. The molecule has 0 bridgehead atoms. The van der Waals surface area contributed by atoms with Crippen LogP contribution in [-0.2, 0) is 5.41 Å². The van der Waals surface area contributed by atoms with Gasteiger partial charge in [-0.15, -0.1) is 0 Å². The zero-order valence-corrected chi connectivity index (χ0v) is 25.9. The first-order valence-corrected chi connectivity index (χ1v) is 15.1. The Balaban J connectivity index is 0.00000165. The van der Waals surface area contributed by atoms with Gasteiger partial charge in [-0.25, -0.2) is 4.98 Å². The zero-order valence-electron chi connectivity index (χ0n) is 25.9. The Hall–Kier alpha value is -3.98. The van der Waals surface area contributed by atoms with Crippen molar-refractivity contribution in [1.29, 1.82) is 0 Å². The first kappa shape index (κ1) is 28.5. The normalized spacial score (nSPS) is 17.6. The second-order valence-electron chi connectivity index (χ2n) is 11.5. The van der Waals surface area contributed by atoms with E-state index in [4.69, 9.17) is 9.97 Å². The van der Waals surface area contributed by atoms with Crippen LogP contribution in [0.15, 0.2) is 85.2 Å². The Labute approximate surface area is 246 Å². The number of aryl methyl sites for hydroxylation is 4. The zero-order chi connectivity index (χ0) is 29.3. The summed E-state index contributed by atoms with van der Waals surface area (Å²) in [4.78, 5) is 10.0. The van der Waals surface area contributed by atoms with Crippen molar-refractivity contribution in [3.05, 3.63) is 113 Å². The van der Waals surface area contributed by atoms with Crippen LogP contribution >= 0.6 is 0 Å². The topological polar surface area (TPSA) is 30.7 Å². The molecular formula is C38H43N3. The molecule has 1 saturated carbocycles. The third-order valence-corrected chi connectivity index (χ3v) is 8.86. The van der Waals surface area contributed by atoms with Crippen LogP contribution in [0.1, 0.15) is 68.5 Å². The average Bonchev–Trinajstić information content (AvgIpc) is 3.42. The maximum atomic E-state index is 5.04. The van der Waals surface area contributed by atoms with Gasteiger partial charge in [-0.05, 0) is 91.0 Å². The predicted octanol–water partition coefficient (Wildman–Crippen LogP) is 10.2. The van der Waals surface area contributed by atoms with E-state index < -0.39 is 0 Å². The van der Waals surface area contributed by atoms with Crippen molar-refractivity contribution in [2.75, 3.05) is 0 Å². The van der Waals surface area contributed by atoms with E-state index in [0.717, 1.165) is 28.5 Å². The monoisotopic (exact) mass is 541 g/mol. The quantitative estimate of drug-likeness (QED) is 0.214. The highest BCUT2D eigenvalue weighted by molar-refractivity contribution is 5.78. The van der Waals surface area contributed by atoms with Crippen molar-refractivity contribution in [2.45, 2.75) is 73.6 Å². The molecule has 2 atom stereocenters. The highest BCUT2D eigenvalue weighted by Gasteiger charge is 2.51. The number of nitrogens with zero attached hydrogens (tertiary/aromatic N) is 3. The minimum absolute atomic E-state index is 0.180. The average molecular weight is 542 g/mol. The summed E-state index contributed by atoms with van der Waals surface area (Å²) in [5.74, 6) is 1.70. The number of hydrogen-bond donors (Lipinski definition) is 0. The molecule has 0 radical (unpaired) electrons. The van der Waals surface area contributed by atoms with Crippen LogP contribution in [0.5, 0.6) is 0 Å². The van der Waals surface area contributed by atoms with Crippen LogP contribution in [0.3, 0.4) is 0 Å². The molecule has 0 saturated heterocycles. The van der Waals surface area contributed by atoms with Gasteiger partial charge in [0.1, 0.15) is 5.82 Å². The minimum atomic E-state index is 0.180. The number of rotatable bonds is 6. The van der Waals surface area contributed by atoms with Crippen LogP contribution in [0.25, 0.3) is 39.5 Å². The summed E-state index contributed by atoms with van der Waals surface area (Å²) in [7, 11) is 0. The van der Waals surface area contributed by atoms with Crippen molar-refractivity contribution in [1.82, 2.24) is 14.5 Å². The van der Waals surface area contributed by atoms with Gasteiger partial charge in [0.25, 0.3) is 0 Å². The lowest BCUT2D eigenvalue weighted by molar-refractivity contribution is 0.643. The van der Waals surface area contributed by atoms with E-state index in [0.29, 0.717) is 5.92 Å². The van der Waals surface area contributed by atoms with Gasteiger partial charge >= 0.3 is 0 Å². The second kappa shape index (κ2) is 11.5. The summed E-state index contributed by atoms with van der Waals surface area (Å²) in [6, 6.07) is 26.3. The number of imidazole rings is 1. The highest BCUT2D eigenvalue weighted by atomic mass is 15.1. The van der Waals surface area contributed by atoms with Crippen molar-refractivity contribution < 1.29 is 0 Å². The number of pyridine rings is 1. The largest absolute Gasteiger partial charge is 0.298 e. The first-order chi connectivity index (χ1) is 19.8. The molecule has 41 heavy (non-hydrogen) atoms. The maximum Gasteiger partial charge on any atom is 0.144 e. The van der Waals surface area contributed by atoms with E-state index in [1.165, 1.54) is 51.8 Å². The number of hydrogen-bond acceptors (Lipinski definition) is 2. The van der Waals surface area contributed by atoms with E-state index in [1.807, 2.05) is 26.1 Å². The smallest absolute Gasteiger partial charge is 0.144 e. The van der Waals surface area contributed by atoms with Gasteiger partial charge in [0.2, 0.25) is 0 Å². The molecule has 0 amide bonds. The van der Waals surface area contributed by atoms with Gasteiger partial charge in [0.15, 0.2) is 0 Å². The highest BCUT2D eigenvalue weighted by Crippen LogP contribution is 2.58. The summed E-state index contributed by atoms with van der Waals surface area (Å²) >= 11 is 0. The van der Waals surface area contributed by atoms with Gasteiger partial charge in [-0.2, -0.15) is 0 Å². The Morgan fingerprint density at radius 2 is 1.54 bits per heavy atom. The van der Waals surface area contributed by atoms with E-state index in [9.17, 15) is 0 Å². The van der Waals surface area contributed by atoms with Gasteiger partial charge in [-0.3, -0.25) is 9.55 Å². The molecule has 2 aromatic heterocycles. The van der Waals surface area contributed by atoms with Crippen LogP contribution < -0.4 is 0 Å². The molecule has 3 aromatic carbocycles. The first-order valence-electron chi connectivity index (χ1n) is 15.1. The van der Waals surface area contributed by atoms with Crippen molar-refractivity contribution in [3.8, 4) is 39.5 Å². The lowest BCUT2D eigenvalue weighted by Gasteiger charge is -2.21. The van der Waals surface area contributed by atoms with Crippen LogP contribution in [0.4, 0.5) is 0 Å².